The third-order valence-corrected chi connectivity index (χ3v) is 4.96. The Morgan fingerprint density at radius 1 is 0.833 bits per heavy atom. The summed E-state index contributed by atoms with van der Waals surface area (Å²) in [6.45, 7) is 11.7. The molecule has 24 heavy (non-hydrogen) atoms. The predicted octanol–water partition coefficient (Wildman–Crippen LogP) is 6.57. The van der Waals surface area contributed by atoms with Gasteiger partial charge in [0.15, 0.2) is 0 Å². The Morgan fingerprint density at radius 3 is 1.96 bits per heavy atom. The molecule has 0 heterocycles. The first-order valence-electron chi connectivity index (χ1n) is 9.00. The zero-order chi connectivity index (χ0) is 17.8. The summed E-state index contributed by atoms with van der Waals surface area (Å²) in [5, 5.41) is 9.63. The second-order valence-electron chi connectivity index (χ2n) is 8.88. The van der Waals surface area contributed by atoms with Crippen LogP contribution in [0.25, 0.3) is 0 Å². The lowest BCUT2D eigenvalue weighted by Gasteiger charge is -2.39. The normalized spacial score (nSPS) is 13.7. The quantitative estimate of drug-likeness (QED) is 0.637. The Labute approximate surface area is 147 Å². The van der Waals surface area contributed by atoms with Gasteiger partial charge in [0.2, 0.25) is 0 Å². The summed E-state index contributed by atoms with van der Waals surface area (Å²) in [7, 11) is 0. The van der Waals surface area contributed by atoms with Gasteiger partial charge in [-0.15, -0.1) is 0 Å². The van der Waals surface area contributed by atoms with Gasteiger partial charge in [0.1, 0.15) is 5.75 Å². The van der Waals surface area contributed by atoms with Crippen molar-refractivity contribution in [3.05, 3.63) is 65.7 Å². The minimum atomic E-state index is 0.195. The number of hydrogen-bond acceptors (Lipinski definition) is 1. The third kappa shape index (κ3) is 5.40. The molecule has 1 nitrogen and oxygen atoms in total. The summed E-state index contributed by atoms with van der Waals surface area (Å²) in [6.07, 6.45) is 3.39. The number of aryl methyl sites for hydroxylation is 1. The molecule has 0 aliphatic heterocycles. The molecule has 0 saturated heterocycles. The summed E-state index contributed by atoms with van der Waals surface area (Å²) >= 11 is 0. The van der Waals surface area contributed by atoms with Crippen molar-refractivity contribution < 1.29 is 5.11 Å². The van der Waals surface area contributed by atoms with Gasteiger partial charge in [0.05, 0.1) is 0 Å². The third-order valence-electron chi connectivity index (χ3n) is 4.96. The molecular formula is C23H32O. The Balaban J connectivity index is 2.21. The highest BCUT2D eigenvalue weighted by Gasteiger charge is 2.33. The van der Waals surface area contributed by atoms with Crippen LogP contribution in [0.15, 0.2) is 54.6 Å². The molecule has 0 fully saturated rings. The Kier molecular flexibility index (Phi) is 5.74. The van der Waals surface area contributed by atoms with Crippen molar-refractivity contribution in [1.29, 1.82) is 0 Å². The Bertz CT molecular complexity index is 617. The number of aromatic hydroxyl groups is 1. The van der Waals surface area contributed by atoms with E-state index in [1.165, 1.54) is 11.1 Å². The highest BCUT2D eigenvalue weighted by atomic mass is 16.3. The van der Waals surface area contributed by atoms with Gasteiger partial charge in [0.25, 0.3) is 0 Å². The van der Waals surface area contributed by atoms with Crippen LogP contribution in [0.1, 0.15) is 64.5 Å². The van der Waals surface area contributed by atoms with Crippen molar-refractivity contribution in [3.63, 3.8) is 0 Å². The molecule has 1 heteroatoms. The maximum Gasteiger partial charge on any atom is 0.115 e. The topological polar surface area (TPSA) is 20.2 Å². The maximum atomic E-state index is 9.63. The Morgan fingerprint density at radius 2 is 1.42 bits per heavy atom. The monoisotopic (exact) mass is 324 g/mol. The van der Waals surface area contributed by atoms with Crippen LogP contribution in [-0.2, 0) is 6.42 Å². The summed E-state index contributed by atoms with van der Waals surface area (Å²) in [6, 6.07) is 18.6. The van der Waals surface area contributed by atoms with Gasteiger partial charge in [-0.2, -0.15) is 0 Å². The molecule has 0 saturated carbocycles. The molecule has 130 valence electrons. The van der Waals surface area contributed by atoms with Gasteiger partial charge in [-0.1, -0.05) is 77.1 Å². The molecule has 2 aromatic rings. The number of benzene rings is 2. The van der Waals surface area contributed by atoms with Gasteiger partial charge < -0.3 is 5.11 Å². The zero-order valence-corrected chi connectivity index (χ0v) is 15.8. The molecule has 0 radical (unpaired) electrons. The highest BCUT2D eigenvalue weighted by Crippen LogP contribution is 2.46. The molecule has 2 aromatic carbocycles. The first-order valence-corrected chi connectivity index (χ1v) is 9.00. The van der Waals surface area contributed by atoms with Gasteiger partial charge in [-0.25, -0.2) is 0 Å². The van der Waals surface area contributed by atoms with E-state index in [-0.39, 0.29) is 10.8 Å². The van der Waals surface area contributed by atoms with E-state index in [1.54, 1.807) is 0 Å². The zero-order valence-electron chi connectivity index (χ0n) is 15.8. The molecule has 0 aliphatic rings. The fourth-order valence-corrected chi connectivity index (χ4v) is 3.45. The van der Waals surface area contributed by atoms with E-state index in [0.29, 0.717) is 11.7 Å². The van der Waals surface area contributed by atoms with Gasteiger partial charge in [-0.05, 0) is 59.3 Å². The van der Waals surface area contributed by atoms with E-state index in [9.17, 15) is 5.11 Å². The fraction of sp³-hybridized carbons (Fsp3) is 0.478. The largest absolute Gasteiger partial charge is 0.508 e. The SMILES string of the molecule is CC(C)(C)CC(c1ccc(O)cc1)C(C)(C)CCc1ccccc1. The lowest BCUT2D eigenvalue weighted by atomic mass is 9.66. The first-order chi connectivity index (χ1) is 11.2. The van der Waals surface area contributed by atoms with Crippen LogP contribution in [0.3, 0.4) is 0 Å². The number of phenols is 1. The number of phenolic OH excluding ortho intramolecular Hbond substituents is 1. The van der Waals surface area contributed by atoms with Crippen molar-refractivity contribution >= 4 is 0 Å². The summed E-state index contributed by atoms with van der Waals surface area (Å²) < 4.78 is 0. The van der Waals surface area contributed by atoms with Gasteiger partial charge >= 0.3 is 0 Å². The van der Waals surface area contributed by atoms with Crippen LogP contribution in [0.4, 0.5) is 0 Å². The molecule has 0 bridgehead atoms. The van der Waals surface area contributed by atoms with Crippen LogP contribution in [0.2, 0.25) is 0 Å². The number of rotatable bonds is 6. The van der Waals surface area contributed by atoms with Crippen molar-refractivity contribution in [2.45, 2.75) is 59.8 Å². The van der Waals surface area contributed by atoms with Gasteiger partial charge in [-0.3, -0.25) is 0 Å². The lowest BCUT2D eigenvalue weighted by molar-refractivity contribution is 0.197. The highest BCUT2D eigenvalue weighted by molar-refractivity contribution is 5.30. The fourth-order valence-electron chi connectivity index (χ4n) is 3.45. The summed E-state index contributed by atoms with van der Waals surface area (Å²) in [5.41, 5.74) is 3.21. The van der Waals surface area contributed by atoms with E-state index in [0.717, 1.165) is 19.3 Å². The predicted molar refractivity (Wildman–Crippen MR) is 103 cm³/mol. The summed E-state index contributed by atoms with van der Waals surface area (Å²) in [5.74, 6) is 0.817. The van der Waals surface area contributed by atoms with Crippen LogP contribution >= 0.6 is 0 Å². The molecule has 0 aliphatic carbocycles. The van der Waals surface area contributed by atoms with Gasteiger partial charge in [0, 0.05) is 0 Å². The molecule has 1 N–H and O–H groups in total. The molecule has 2 rings (SSSR count). The smallest absolute Gasteiger partial charge is 0.115 e. The maximum absolute atomic E-state index is 9.63. The second kappa shape index (κ2) is 7.42. The van der Waals surface area contributed by atoms with Crippen molar-refractivity contribution in [2.24, 2.45) is 10.8 Å². The van der Waals surface area contributed by atoms with Crippen molar-refractivity contribution in [3.8, 4) is 5.75 Å². The van der Waals surface area contributed by atoms with Crippen LogP contribution in [0, 0.1) is 10.8 Å². The molecule has 0 amide bonds. The van der Waals surface area contributed by atoms with Crippen LogP contribution in [-0.4, -0.2) is 5.11 Å². The average Bonchev–Trinajstić information content (AvgIpc) is 2.52. The molecule has 1 unspecified atom stereocenters. The van der Waals surface area contributed by atoms with Crippen molar-refractivity contribution in [2.75, 3.05) is 0 Å². The van der Waals surface area contributed by atoms with Crippen molar-refractivity contribution in [1.82, 2.24) is 0 Å². The second-order valence-corrected chi connectivity index (χ2v) is 8.88. The van der Waals surface area contributed by atoms with E-state index < -0.39 is 0 Å². The lowest BCUT2D eigenvalue weighted by Crippen LogP contribution is -2.27. The van der Waals surface area contributed by atoms with E-state index >= 15 is 0 Å². The minimum absolute atomic E-state index is 0.195. The molecule has 1 atom stereocenters. The molecule has 0 spiro atoms. The van der Waals surface area contributed by atoms with E-state index in [2.05, 4.69) is 77.1 Å². The first kappa shape index (κ1) is 18.6. The number of hydrogen-bond donors (Lipinski definition) is 1. The molecular weight excluding hydrogens is 292 g/mol. The van der Waals surface area contributed by atoms with Crippen LogP contribution in [0.5, 0.6) is 5.75 Å². The standard InChI is InChI=1S/C23H32O/c1-22(2,3)17-21(19-11-13-20(24)14-12-19)23(4,5)16-15-18-9-7-6-8-10-18/h6-14,21,24H,15-17H2,1-5H3. The minimum Gasteiger partial charge on any atom is -0.508 e. The Hall–Kier alpha value is -1.76. The van der Waals surface area contributed by atoms with Crippen LogP contribution < -0.4 is 0 Å². The summed E-state index contributed by atoms with van der Waals surface area (Å²) in [4.78, 5) is 0. The van der Waals surface area contributed by atoms with E-state index in [4.69, 9.17) is 0 Å². The van der Waals surface area contributed by atoms with E-state index in [1.807, 2.05) is 12.1 Å². The molecule has 0 aromatic heterocycles. The average molecular weight is 325 g/mol.